The number of hydrogen-bond donors (Lipinski definition) is 3. The number of nitrogens with two attached hydrogens (primary N) is 2. The third-order valence-electron chi connectivity index (χ3n) is 5.42. The van der Waals surface area contributed by atoms with E-state index >= 15 is 0 Å². The van der Waals surface area contributed by atoms with Crippen LogP contribution in [0.3, 0.4) is 0 Å². The first kappa shape index (κ1) is 23.4. The number of nitrogens with one attached hydrogen (secondary N) is 1. The topological polar surface area (TPSA) is 103 Å². The second-order valence-electron chi connectivity index (χ2n) is 8.05. The molecule has 3 aromatic rings. The van der Waals surface area contributed by atoms with Crippen LogP contribution in [0.5, 0.6) is 0 Å². The minimum atomic E-state index is -0.274. The largest absolute Gasteiger partial charge is 0.384 e. The Morgan fingerprint density at radius 2 is 1.81 bits per heavy atom. The SMILES string of the molecule is CCCCC(OCc1ccc(C)cc1)C(N)c1ccc(C(=O)Nc2ccnc(N)c2)cc1. The van der Waals surface area contributed by atoms with Gasteiger partial charge in [0.05, 0.1) is 18.8 Å². The van der Waals surface area contributed by atoms with Gasteiger partial charge in [-0.05, 0) is 42.7 Å². The number of benzene rings is 2. The summed E-state index contributed by atoms with van der Waals surface area (Å²) < 4.78 is 6.23. The van der Waals surface area contributed by atoms with Crippen LogP contribution in [0.1, 0.15) is 59.3 Å². The third-order valence-corrected chi connectivity index (χ3v) is 5.42. The second kappa shape index (κ2) is 11.4. The molecule has 5 N–H and O–H groups in total. The van der Waals surface area contributed by atoms with Crippen molar-refractivity contribution in [2.24, 2.45) is 5.73 Å². The number of hydrogen-bond acceptors (Lipinski definition) is 5. The van der Waals surface area contributed by atoms with Crippen LogP contribution in [-0.2, 0) is 11.3 Å². The Labute approximate surface area is 190 Å². The number of carbonyl (C=O) groups is 1. The molecule has 3 rings (SSSR count). The minimum absolute atomic E-state index is 0.101. The van der Waals surface area contributed by atoms with Crippen LogP contribution in [0.25, 0.3) is 0 Å². The molecule has 32 heavy (non-hydrogen) atoms. The van der Waals surface area contributed by atoms with Gasteiger partial charge in [-0.3, -0.25) is 4.79 Å². The van der Waals surface area contributed by atoms with Crippen LogP contribution in [-0.4, -0.2) is 17.0 Å². The van der Waals surface area contributed by atoms with E-state index in [9.17, 15) is 4.79 Å². The predicted molar refractivity (Wildman–Crippen MR) is 129 cm³/mol. The van der Waals surface area contributed by atoms with Crippen molar-refractivity contribution in [2.75, 3.05) is 11.1 Å². The van der Waals surface area contributed by atoms with Crippen molar-refractivity contribution in [3.63, 3.8) is 0 Å². The molecule has 6 heteroatoms. The molecule has 0 saturated heterocycles. The molecular weight excluding hydrogens is 400 g/mol. The smallest absolute Gasteiger partial charge is 0.255 e. The summed E-state index contributed by atoms with van der Waals surface area (Å²) >= 11 is 0. The first-order valence-corrected chi connectivity index (χ1v) is 11.0. The van der Waals surface area contributed by atoms with Gasteiger partial charge in [-0.15, -0.1) is 0 Å². The van der Waals surface area contributed by atoms with E-state index in [1.54, 1.807) is 30.5 Å². The zero-order valence-corrected chi connectivity index (χ0v) is 18.8. The number of nitrogen functional groups attached to an aromatic ring is 1. The van der Waals surface area contributed by atoms with Crippen molar-refractivity contribution in [1.82, 2.24) is 4.98 Å². The van der Waals surface area contributed by atoms with Crippen LogP contribution in [0.2, 0.25) is 0 Å². The molecule has 168 valence electrons. The number of rotatable bonds is 10. The van der Waals surface area contributed by atoms with E-state index in [4.69, 9.17) is 16.2 Å². The molecule has 0 bridgehead atoms. The normalized spacial score (nSPS) is 12.8. The van der Waals surface area contributed by atoms with Gasteiger partial charge in [0.2, 0.25) is 0 Å². The average Bonchev–Trinajstić information content (AvgIpc) is 2.80. The number of unbranched alkanes of at least 4 members (excludes halogenated alkanes) is 1. The Hall–Kier alpha value is -3.22. The molecule has 2 unspecified atom stereocenters. The molecule has 2 atom stereocenters. The number of carbonyl (C=O) groups excluding carboxylic acids is 1. The van der Waals surface area contributed by atoms with Crippen molar-refractivity contribution in [1.29, 1.82) is 0 Å². The van der Waals surface area contributed by atoms with Gasteiger partial charge in [-0.2, -0.15) is 0 Å². The maximum Gasteiger partial charge on any atom is 0.255 e. The van der Waals surface area contributed by atoms with Gasteiger partial charge >= 0.3 is 0 Å². The molecule has 2 aromatic carbocycles. The highest BCUT2D eigenvalue weighted by Crippen LogP contribution is 2.23. The van der Waals surface area contributed by atoms with Crippen molar-refractivity contribution in [3.8, 4) is 0 Å². The molecule has 0 fully saturated rings. The lowest BCUT2D eigenvalue weighted by Gasteiger charge is -2.25. The Balaban J connectivity index is 1.65. The lowest BCUT2D eigenvalue weighted by Crippen LogP contribution is -2.29. The number of pyridine rings is 1. The molecular formula is C26H32N4O2. The van der Waals surface area contributed by atoms with Gasteiger partial charge in [0.25, 0.3) is 5.91 Å². The lowest BCUT2D eigenvalue weighted by atomic mass is 9.97. The molecule has 1 heterocycles. The monoisotopic (exact) mass is 432 g/mol. The van der Waals surface area contributed by atoms with Crippen LogP contribution >= 0.6 is 0 Å². The number of nitrogens with zero attached hydrogens (tertiary/aromatic N) is 1. The fourth-order valence-electron chi connectivity index (χ4n) is 3.46. The standard InChI is InChI=1S/C26H32N4O2/c1-3-4-5-23(32-17-19-8-6-18(2)7-9-19)25(28)20-10-12-21(13-11-20)26(31)30-22-14-15-29-24(27)16-22/h6-16,23,25H,3-5,17,28H2,1-2H3,(H3,27,29,30,31). The summed E-state index contributed by atoms with van der Waals surface area (Å²) in [6, 6.07) is 18.7. The van der Waals surface area contributed by atoms with Crippen molar-refractivity contribution in [2.45, 2.75) is 51.9 Å². The van der Waals surface area contributed by atoms with E-state index in [1.807, 2.05) is 12.1 Å². The summed E-state index contributed by atoms with van der Waals surface area (Å²) in [6.07, 6.45) is 4.46. The molecule has 6 nitrogen and oxygen atoms in total. The summed E-state index contributed by atoms with van der Waals surface area (Å²) in [5.41, 5.74) is 16.7. The maximum atomic E-state index is 12.5. The van der Waals surface area contributed by atoms with Crippen molar-refractivity contribution in [3.05, 3.63) is 89.1 Å². The van der Waals surface area contributed by atoms with Crippen LogP contribution in [0.15, 0.2) is 66.9 Å². The number of amides is 1. The van der Waals surface area contributed by atoms with Gasteiger partial charge < -0.3 is 21.5 Å². The summed E-state index contributed by atoms with van der Waals surface area (Å²) in [4.78, 5) is 16.5. The molecule has 0 spiro atoms. The molecule has 0 radical (unpaired) electrons. The van der Waals surface area contributed by atoms with E-state index in [2.05, 4.69) is 48.4 Å². The van der Waals surface area contributed by atoms with Crippen molar-refractivity contribution >= 4 is 17.4 Å². The third kappa shape index (κ3) is 6.64. The summed E-state index contributed by atoms with van der Waals surface area (Å²) in [6.45, 7) is 4.76. The van der Waals surface area contributed by atoms with E-state index in [-0.39, 0.29) is 18.1 Å². The van der Waals surface area contributed by atoms with Gasteiger partial charge in [0, 0.05) is 23.5 Å². The molecule has 0 saturated carbocycles. The highest BCUT2D eigenvalue weighted by Gasteiger charge is 2.20. The Kier molecular flexibility index (Phi) is 8.36. The minimum Gasteiger partial charge on any atom is -0.384 e. The number of anilines is 2. The summed E-state index contributed by atoms with van der Waals surface area (Å²) in [5, 5.41) is 2.83. The quantitative estimate of drug-likeness (QED) is 0.418. The number of aryl methyl sites for hydroxylation is 1. The molecule has 0 aliphatic rings. The molecule has 1 aromatic heterocycles. The van der Waals surface area contributed by atoms with Crippen LogP contribution < -0.4 is 16.8 Å². The second-order valence-corrected chi connectivity index (χ2v) is 8.05. The van der Waals surface area contributed by atoms with Crippen molar-refractivity contribution < 1.29 is 9.53 Å². The first-order valence-electron chi connectivity index (χ1n) is 11.0. The van der Waals surface area contributed by atoms with Gasteiger partial charge in [0.1, 0.15) is 5.82 Å². The average molecular weight is 433 g/mol. The van der Waals surface area contributed by atoms with Crippen LogP contribution in [0, 0.1) is 6.92 Å². The molecule has 0 aliphatic heterocycles. The zero-order chi connectivity index (χ0) is 22.9. The van der Waals surface area contributed by atoms with Gasteiger partial charge in [0.15, 0.2) is 0 Å². The Bertz CT molecular complexity index is 1000. The van der Waals surface area contributed by atoms with E-state index in [0.717, 1.165) is 30.4 Å². The highest BCUT2D eigenvalue weighted by atomic mass is 16.5. The zero-order valence-electron chi connectivity index (χ0n) is 18.8. The van der Waals surface area contributed by atoms with Crippen LogP contribution in [0.4, 0.5) is 11.5 Å². The fourth-order valence-corrected chi connectivity index (χ4v) is 3.46. The number of ether oxygens (including phenoxy) is 1. The summed E-state index contributed by atoms with van der Waals surface area (Å²) in [7, 11) is 0. The molecule has 0 aliphatic carbocycles. The van der Waals surface area contributed by atoms with Gasteiger partial charge in [-0.25, -0.2) is 4.98 Å². The highest BCUT2D eigenvalue weighted by molar-refractivity contribution is 6.04. The fraction of sp³-hybridized carbons (Fsp3) is 0.308. The maximum absolute atomic E-state index is 12.5. The molecule has 1 amide bonds. The number of aromatic nitrogens is 1. The Morgan fingerprint density at radius 1 is 1.09 bits per heavy atom. The van der Waals surface area contributed by atoms with E-state index < -0.39 is 0 Å². The Morgan fingerprint density at radius 3 is 2.47 bits per heavy atom. The lowest BCUT2D eigenvalue weighted by molar-refractivity contribution is 0.0161. The predicted octanol–water partition coefficient (Wildman–Crippen LogP) is 5.00. The first-order chi connectivity index (χ1) is 15.5. The summed E-state index contributed by atoms with van der Waals surface area (Å²) in [5.74, 6) is 0.141. The van der Waals surface area contributed by atoms with E-state index in [1.165, 1.54) is 5.56 Å². The van der Waals surface area contributed by atoms with E-state index in [0.29, 0.717) is 23.7 Å². The van der Waals surface area contributed by atoms with Gasteiger partial charge in [-0.1, -0.05) is 61.7 Å².